The average Bonchev–Trinajstić information content (AvgIpc) is 2.38. The highest BCUT2D eigenvalue weighted by Crippen LogP contribution is 2.18. The van der Waals surface area contributed by atoms with Gasteiger partial charge in [-0.25, -0.2) is 9.97 Å². The molecule has 0 radical (unpaired) electrons. The van der Waals surface area contributed by atoms with E-state index in [-0.39, 0.29) is 11.6 Å². The van der Waals surface area contributed by atoms with E-state index in [1.54, 1.807) is 26.0 Å². The van der Waals surface area contributed by atoms with E-state index in [9.17, 15) is 9.90 Å². The fraction of sp³-hybridized carbons (Fsp3) is 0.231. The number of pyridine rings is 1. The number of hydrogen-bond acceptors (Lipinski definition) is 5. The number of nitrogens with zero attached hydrogens (tertiary/aromatic N) is 3. The first-order chi connectivity index (χ1) is 9.36. The number of nitrogens with one attached hydrogen (secondary N) is 1. The van der Waals surface area contributed by atoms with Crippen molar-refractivity contribution in [3.63, 3.8) is 0 Å². The smallest absolute Gasteiger partial charge is 0.274 e. The molecule has 2 N–H and O–H groups in total. The molecule has 7 heteroatoms. The van der Waals surface area contributed by atoms with Crippen LogP contribution in [0.5, 0.6) is 0 Å². The maximum atomic E-state index is 11.9. The Morgan fingerprint density at radius 2 is 2.05 bits per heavy atom. The predicted octanol–water partition coefficient (Wildman–Crippen LogP) is 2.11. The van der Waals surface area contributed by atoms with Crippen LogP contribution in [0.15, 0.2) is 35.3 Å². The summed E-state index contributed by atoms with van der Waals surface area (Å²) >= 11 is 3.10. The predicted molar refractivity (Wildman–Crippen MR) is 77.2 cm³/mol. The highest BCUT2D eigenvalue weighted by molar-refractivity contribution is 9.10. The van der Waals surface area contributed by atoms with Crippen LogP contribution >= 0.6 is 15.9 Å². The van der Waals surface area contributed by atoms with Crippen molar-refractivity contribution in [2.24, 2.45) is 0 Å². The Kier molecular flexibility index (Phi) is 4.10. The Hall–Kier alpha value is -1.86. The number of carbonyl (C=O) groups is 1. The standard InChI is InChI=1S/C13H13BrN4O2/c1-13(2,20)10-4-3-8(7-16-10)17-11(19)9-5-6-15-12(14)18-9/h3-7,20H,1-2H3,(H,17,19). The Labute approximate surface area is 124 Å². The average molecular weight is 337 g/mol. The molecule has 2 rings (SSSR count). The summed E-state index contributed by atoms with van der Waals surface area (Å²) in [5.41, 5.74) is 0.288. The molecule has 0 bridgehead atoms. The summed E-state index contributed by atoms with van der Waals surface area (Å²) in [7, 11) is 0. The van der Waals surface area contributed by atoms with Crippen molar-refractivity contribution in [3.05, 3.63) is 46.7 Å². The molecule has 1 amide bonds. The maximum absolute atomic E-state index is 11.9. The van der Waals surface area contributed by atoms with E-state index in [4.69, 9.17) is 0 Å². The van der Waals surface area contributed by atoms with Gasteiger partial charge in [-0.2, -0.15) is 0 Å². The Morgan fingerprint density at radius 3 is 2.60 bits per heavy atom. The molecule has 2 heterocycles. The molecule has 0 aliphatic heterocycles. The normalized spacial score (nSPS) is 11.2. The van der Waals surface area contributed by atoms with Gasteiger partial charge < -0.3 is 10.4 Å². The zero-order chi connectivity index (χ0) is 14.8. The first-order valence-electron chi connectivity index (χ1n) is 5.85. The number of carbonyl (C=O) groups excluding carboxylic acids is 1. The SMILES string of the molecule is CC(C)(O)c1ccc(NC(=O)c2ccnc(Br)n2)cn1. The highest BCUT2D eigenvalue weighted by atomic mass is 79.9. The van der Waals surface area contributed by atoms with Crippen LogP contribution in [-0.4, -0.2) is 26.0 Å². The number of amides is 1. The number of anilines is 1. The van der Waals surface area contributed by atoms with Gasteiger partial charge >= 0.3 is 0 Å². The van der Waals surface area contributed by atoms with Crippen molar-refractivity contribution in [1.82, 2.24) is 15.0 Å². The van der Waals surface area contributed by atoms with Gasteiger partial charge in [0, 0.05) is 6.20 Å². The highest BCUT2D eigenvalue weighted by Gasteiger charge is 2.17. The van der Waals surface area contributed by atoms with E-state index in [1.165, 1.54) is 18.5 Å². The van der Waals surface area contributed by atoms with Crippen molar-refractivity contribution in [2.45, 2.75) is 19.4 Å². The van der Waals surface area contributed by atoms with E-state index in [0.29, 0.717) is 16.1 Å². The molecule has 2 aromatic rings. The minimum atomic E-state index is -1.01. The molecule has 0 atom stereocenters. The fourth-order valence-corrected chi connectivity index (χ4v) is 1.80. The van der Waals surface area contributed by atoms with E-state index >= 15 is 0 Å². The topological polar surface area (TPSA) is 88.0 Å². The number of aliphatic hydroxyl groups is 1. The lowest BCUT2D eigenvalue weighted by Gasteiger charge is -2.16. The number of rotatable bonds is 3. The van der Waals surface area contributed by atoms with Gasteiger partial charge in [0.15, 0.2) is 4.73 Å². The molecular weight excluding hydrogens is 324 g/mol. The summed E-state index contributed by atoms with van der Waals surface area (Å²) < 4.78 is 0.348. The minimum Gasteiger partial charge on any atom is -0.384 e. The molecular formula is C13H13BrN4O2. The van der Waals surface area contributed by atoms with E-state index in [0.717, 1.165) is 0 Å². The van der Waals surface area contributed by atoms with Gasteiger partial charge in [0.25, 0.3) is 5.91 Å². The second kappa shape index (κ2) is 5.64. The summed E-state index contributed by atoms with van der Waals surface area (Å²) in [5, 5.41) is 12.5. The Bertz CT molecular complexity index is 623. The van der Waals surface area contributed by atoms with Gasteiger partial charge in [0.05, 0.1) is 17.6 Å². The van der Waals surface area contributed by atoms with Gasteiger partial charge in [-0.05, 0) is 48.0 Å². The lowest BCUT2D eigenvalue weighted by atomic mass is 10.1. The van der Waals surface area contributed by atoms with Crippen molar-refractivity contribution in [3.8, 4) is 0 Å². The molecule has 0 fully saturated rings. The van der Waals surface area contributed by atoms with Crippen LogP contribution in [0.4, 0.5) is 5.69 Å². The van der Waals surface area contributed by atoms with Gasteiger partial charge in [0.1, 0.15) is 11.3 Å². The third-order valence-corrected chi connectivity index (χ3v) is 2.89. The molecule has 0 spiro atoms. The van der Waals surface area contributed by atoms with Crippen LogP contribution in [0.2, 0.25) is 0 Å². The monoisotopic (exact) mass is 336 g/mol. The van der Waals surface area contributed by atoms with Crippen molar-refractivity contribution in [1.29, 1.82) is 0 Å². The quantitative estimate of drug-likeness (QED) is 0.838. The van der Waals surface area contributed by atoms with E-state index < -0.39 is 5.60 Å². The van der Waals surface area contributed by atoms with E-state index in [1.807, 2.05) is 0 Å². The number of aromatic nitrogens is 3. The number of hydrogen-bond donors (Lipinski definition) is 2. The summed E-state index contributed by atoms with van der Waals surface area (Å²) in [6.07, 6.45) is 2.98. The minimum absolute atomic E-state index is 0.249. The summed E-state index contributed by atoms with van der Waals surface area (Å²) in [6, 6.07) is 4.85. The molecule has 0 aliphatic carbocycles. The van der Waals surface area contributed by atoms with Crippen LogP contribution in [0.25, 0.3) is 0 Å². The second-order valence-electron chi connectivity index (χ2n) is 4.66. The largest absolute Gasteiger partial charge is 0.384 e. The second-order valence-corrected chi connectivity index (χ2v) is 5.37. The van der Waals surface area contributed by atoms with Crippen LogP contribution in [0.1, 0.15) is 30.0 Å². The first kappa shape index (κ1) is 14.5. The van der Waals surface area contributed by atoms with Gasteiger partial charge in [0.2, 0.25) is 0 Å². The molecule has 104 valence electrons. The molecule has 2 aromatic heterocycles. The molecule has 0 saturated heterocycles. The Morgan fingerprint density at radius 1 is 1.30 bits per heavy atom. The van der Waals surface area contributed by atoms with Crippen LogP contribution in [-0.2, 0) is 5.60 Å². The van der Waals surface area contributed by atoms with E-state index in [2.05, 4.69) is 36.2 Å². The van der Waals surface area contributed by atoms with Crippen molar-refractivity contribution >= 4 is 27.5 Å². The zero-order valence-electron chi connectivity index (χ0n) is 11.0. The van der Waals surface area contributed by atoms with Gasteiger partial charge in [-0.1, -0.05) is 0 Å². The van der Waals surface area contributed by atoms with Crippen LogP contribution in [0, 0.1) is 0 Å². The molecule has 0 aliphatic rings. The molecule has 0 aromatic carbocycles. The summed E-state index contributed by atoms with van der Waals surface area (Å²) in [4.78, 5) is 23.9. The fourth-order valence-electron chi connectivity index (χ4n) is 1.49. The van der Waals surface area contributed by atoms with Gasteiger partial charge in [-0.15, -0.1) is 0 Å². The third-order valence-electron chi connectivity index (χ3n) is 2.51. The summed E-state index contributed by atoms with van der Waals surface area (Å²) in [6.45, 7) is 3.29. The van der Waals surface area contributed by atoms with Crippen molar-refractivity contribution < 1.29 is 9.90 Å². The zero-order valence-corrected chi connectivity index (χ0v) is 12.5. The molecule has 20 heavy (non-hydrogen) atoms. The number of halogens is 1. The third kappa shape index (κ3) is 3.58. The molecule has 6 nitrogen and oxygen atoms in total. The molecule has 0 unspecified atom stereocenters. The van der Waals surface area contributed by atoms with Crippen LogP contribution < -0.4 is 5.32 Å². The van der Waals surface area contributed by atoms with Crippen molar-refractivity contribution in [2.75, 3.05) is 5.32 Å². The Balaban J connectivity index is 2.12. The van der Waals surface area contributed by atoms with Gasteiger partial charge in [-0.3, -0.25) is 9.78 Å². The van der Waals surface area contributed by atoms with Crippen LogP contribution in [0.3, 0.4) is 0 Å². The lowest BCUT2D eigenvalue weighted by molar-refractivity contribution is 0.0739. The first-order valence-corrected chi connectivity index (χ1v) is 6.64. The lowest BCUT2D eigenvalue weighted by Crippen LogP contribution is -2.18. The maximum Gasteiger partial charge on any atom is 0.274 e. The summed E-state index contributed by atoms with van der Waals surface area (Å²) in [5.74, 6) is -0.356. The molecule has 0 saturated carbocycles.